The van der Waals surface area contributed by atoms with Crippen molar-refractivity contribution in [3.8, 4) is 0 Å². The average molecular weight is 376 g/mol. The van der Waals surface area contributed by atoms with Crippen molar-refractivity contribution in [2.45, 2.75) is 56.7 Å². The van der Waals surface area contributed by atoms with Gasteiger partial charge in [0.2, 0.25) is 5.91 Å². The predicted octanol–water partition coefficient (Wildman–Crippen LogP) is 1.95. The van der Waals surface area contributed by atoms with E-state index in [0.717, 1.165) is 11.3 Å². The van der Waals surface area contributed by atoms with E-state index in [-0.39, 0.29) is 5.91 Å². The molecule has 8 heteroatoms. The highest BCUT2D eigenvalue weighted by atomic mass is 32.2. The Morgan fingerprint density at radius 1 is 1.29 bits per heavy atom. The van der Waals surface area contributed by atoms with Crippen molar-refractivity contribution in [3.63, 3.8) is 0 Å². The van der Waals surface area contributed by atoms with E-state index in [4.69, 9.17) is 5.73 Å². The van der Waals surface area contributed by atoms with Gasteiger partial charge in [0, 0.05) is 24.5 Å². The van der Waals surface area contributed by atoms with Crippen LogP contribution in [0.2, 0.25) is 0 Å². The summed E-state index contributed by atoms with van der Waals surface area (Å²) in [6.45, 7) is 8.72. The number of hydrogen-bond donors (Lipinski definition) is 2. The molecule has 0 fully saturated rings. The molecule has 0 radical (unpaired) electrons. The third kappa shape index (κ3) is 5.27. The molecule has 1 atom stereocenters. The highest BCUT2D eigenvalue weighted by molar-refractivity contribution is 7.91. The second-order valence-electron chi connectivity index (χ2n) is 5.98. The maximum atomic E-state index is 12.4. The molecular formula is C16H29N3O3S2. The number of carbonyl (C=O) groups excluding carboxylic acids is 1. The van der Waals surface area contributed by atoms with Crippen LogP contribution in [-0.4, -0.2) is 43.8 Å². The lowest BCUT2D eigenvalue weighted by atomic mass is 9.96. The number of rotatable bonds is 10. The van der Waals surface area contributed by atoms with Crippen LogP contribution in [0.1, 0.15) is 45.4 Å². The number of amides is 1. The van der Waals surface area contributed by atoms with E-state index in [1.807, 2.05) is 20.8 Å². The molecule has 1 aromatic rings. The lowest BCUT2D eigenvalue weighted by molar-refractivity contribution is -0.126. The van der Waals surface area contributed by atoms with Crippen molar-refractivity contribution in [2.24, 2.45) is 5.73 Å². The summed E-state index contributed by atoms with van der Waals surface area (Å²) in [7, 11) is -3.41. The van der Waals surface area contributed by atoms with Crippen LogP contribution in [0.3, 0.4) is 0 Å². The van der Waals surface area contributed by atoms with Crippen LogP contribution < -0.4 is 11.1 Å². The van der Waals surface area contributed by atoms with Crippen molar-refractivity contribution >= 4 is 27.3 Å². The molecule has 1 unspecified atom stereocenters. The van der Waals surface area contributed by atoms with Gasteiger partial charge in [-0.1, -0.05) is 27.2 Å². The van der Waals surface area contributed by atoms with Crippen LogP contribution >= 0.6 is 11.3 Å². The van der Waals surface area contributed by atoms with E-state index < -0.39 is 15.6 Å². The summed E-state index contributed by atoms with van der Waals surface area (Å²) in [6.07, 6.45) is 2.06. The molecule has 0 spiro atoms. The van der Waals surface area contributed by atoms with Gasteiger partial charge >= 0.3 is 0 Å². The van der Waals surface area contributed by atoms with Crippen LogP contribution in [0.5, 0.6) is 0 Å². The third-order valence-corrected chi connectivity index (χ3v) is 7.54. The van der Waals surface area contributed by atoms with Crippen LogP contribution in [0.25, 0.3) is 0 Å². The Kier molecular flexibility index (Phi) is 7.85. The molecule has 1 rings (SSSR count). The summed E-state index contributed by atoms with van der Waals surface area (Å²) in [6, 6.07) is 3.44. The van der Waals surface area contributed by atoms with Crippen LogP contribution in [0.4, 0.5) is 0 Å². The van der Waals surface area contributed by atoms with Crippen LogP contribution in [0.15, 0.2) is 16.3 Å². The van der Waals surface area contributed by atoms with Crippen molar-refractivity contribution in [3.05, 3.63) is 17.0 Å². The first-order chi connectivity index (χ1) is 11.2. The van der Waals surface area contributed by atoms with Gasteiger partial charge in [0.05, 0.1) is 5.54 Å². The SMILES string of the molecule is CCCC(C)(N)C(=O)NCCc1ccc(S(=O)(=O)N(CC)CC)s1. The van der Waals surface area contributed by atoms with E-state index in [1.165, 1.54) is 15.6 Å². The fourth-order valence-corrected chi connectivity index (χ4v) is 5.42. The summed E-state index contributed by atoms with van der Waals surface area (Å²) in [5, 5.41) is 2.83. The molecule has 6 nitrogen and oxygen atoms in total. The van der Waals surface area contributed by atoms with Crippen molar-refractivity contribution in [2.75, 3.05) is 19.6 Å². The Bertz CT molecular complexity index is 635. The fraction of sp³-hybridized carbons (Fsp3) is 0.688. The zero-order valence-corrected chi connectivity index (χ0v) is 16.6. The minimum Gasteiger partial charge on any atom is -0.354 e. The Morgan fingerprint density at radius 3 is 2.46 bits per heavy atom. The Labute approximate surface area is 149 Å². The Hall–Kier alpha value is -0.960. The van der Waals surface area contributed by atoms with Crippen molar-refractivity contribution in [1.82, 2.24) is 9.62 Å². The number of nitrogens with one attached hydrogen (secondary N) is 1. The van der Waals surface area contributed by atoms with E-state index >= 15 is 0 Å². The summed E-state index contributed by atoms with van der Waals surface area (Å²) >= 11 is 1.26. The summed E-state index contributed by atoms with van der Waals surface area (Å²) in [5.41, 5.74) is 5.12. The summed E-state index contributed by atoms with van der Waals surface area (Å²) in [5.74, 6) is -0.170. The first-order valence-electron chi connectivity index (χ1n) is 8.35. The molecule has 3 N–H and O–H groups in total. The number of hydrogen-bond acceptors (Lipinski definition) is 5. The monoisotopic (exact) mass is 375 g/mol. The van der Waals surface area contributed by atoms with Crippen molar-refractivity contribution in [1.29, 1.82) is 0 Å². The van der Waals surface area contributed by atoms with E-state index in [1.54, 1.807) is 19.1 Å². The van der Waals surface area contributed by atoms with Gasteiger partial charge in [-0.25, -0.2) is 8.42 Å². The molecule has 0 aliphatic rings. The molecular weight excluding hydrogens is 346 g/mol. The van der Waals surface area contributed by atoms with Crippen molar-refractivity contribution < 1.29 is 13.2 Å². The molecule has 24 heavy (non-hydrogen) atoms. The van der Waals surface area contributed by atoms with Gasteiger partial charge in [-0.2, -0.15) is 4.31 Å². The molecule has 0 aliphatic heterocycles. The number of nitrogens with zero attached hydrogens (tertiary/aromatic N) is 1. The minimum atomic E-state index is -3.41. The zero-order valence-electron chi connectivity index (χ0n) is 15.0. The van der Waals surface area contributed by atoms with E-state index in [2.05, 4.69) is 5.32 Å². The van der Waals surface area contributed by atoms with Gasteiger partial charge in [-0.3, -0.25) is 4.79 Å². The van der Waals surface area contributed by atoms with Gasteiger partial charge in [0.15, 0.2) is 0 Å². The van der Waals surface area contributed by atoms with E-state index in [0.29, 0.717) is 36.7 Å². The van der Waals surface area contributed by atoms with Gasteiger partial charge < -0.3 is 11.1 Å². The molecule has 1 amide bonds. The van der Waals surface area contributed by atoms with Gasteiger partial charge in [0.1, 0.15) is 4.21 Å². The standard InChI is InChI=1S/C16H29N3O3S2/c1-5-11-16(4,17)15(20)18-12-10-13-8-9-14(23-13)24(21,22)19(6-2)7-3/h8-9H,5-7,10-12,17H2,1-4H3,(H,18,20). The predicted molar refractivity (Wildman–Crippen MR) is 98.6 cm³/mol. The van der Waals surface area contributed by atoms with Gasteiger partial charge in [0.25, 0.3) is 10.0 Å². The molecule has 0 saturated carbocycles. The molecule has 1 heterocycles. The normalized spacial score (nSPS) is 14.6. The highest BCUT2D eigenvalue weighted by Crippen LogP contribution is 2.25. The number of carbonyl (C=O) groups is 1. The summed E-state index contributed by atoms with van der Waals surface area (Å²) < 4.78 is 26.7. The van der Waals surface area contributed by atoms with Gasteiger partial charge in [-0.05, 0) is 31.9 Å². The van der Waals surface area contributed by atoms with E-state index in [9.17, 15) is 13.2 Å². The Morgan fingerprint density at radius 2 is 1.92 bits per heavy atom. The fourth-order valence-electron chi connectivity index (χ4n) is 2.46. The number of nitrogens with two attached hydrogens (primary N) is 1. The third-order valence-electron chi connectivity index (χ3n) is 3.88. The average Bonchev–Trinajstić information content (AvgIpc) is 2.97. The largest absolute Gasteiger partial charge is 0.354 e. The minimum absolute atomic E-state index is 0.170. The molecule has 0 bridgehead atoms. The second kappa shape index (κ2) is 8.94. The smallest absolute Gasteiger partial charge is 0.252 e. The molecule has 0 saturated heterocycles. The molecule has 138 valence electrons. The second-order valence-corrected chi connectivity index (χ2v) is 9.32. The topological polar surface area (TPSA) is 92.5 Å². The first-order valence-corrected chi connectivity index (χ1v) is 10.6. The molecule has 1 aromatic heterocycles. The lowest BCUT2D eigenvalue weighted by Gasteiger charge is -2.22. The quantitative estimate of drug-likeness (QED) is 0.654. The molecule has 0 aliphatic carbocycles. The Balaban J connectivity index is 2.64. The lowest BCUT2D eigenvalue weighted by Crippen LogP contribution is -2.51. The zero-order chi connectivity index (χ0) is 18.4. The van der Waals surface area contributed by atoms with Crippen LogP contribution in [0, 0.1) is 0 Å². The molecule has 0 aromatic carbocycles. The number of sulfonamides is 1. The maximum Gasteiger partial charge on any atom is 0.252 e. The number of thiophene rings is 1. The highest BCUT2D eigenvalue weighted by Gasteiger charge is 2.27. The first kappa shape index (κ1) is 21.1. The maximum absolute atomic E-state index is 12.4. The summed E-state index contributed by atoms with van der Waals surface area (Å²) in [4.78, 5) is 13.0. The van der Waals surface area contributed by atoms with Crippen LogP contribution in [-0.2, 0) is 21.2 Å². The van der Waals surface area contributed by atoms with Gasteiger partial charge in [-0.15, -0.1) is 11.3 Å².